The van der Waals surface area contributed by atoms with E-state index in [1.165, 1.54) is 0 Å². The first-order valence-corrected chi connectivity index (χ1v) is 4.89. The minimum atomic E-state index is 0.0315. The molecule has 1 rings (SSSR count). The molecule has 1 fully saturated rings. The van der Waals surface area contributed by atoms with E-state index < -0.39 is 0 Å². The van der Waals surface area contributed by atoms with Gasteiger partial charge in [0.15, 0.2) is 0 Å². The summed E-state index contributed by atoms with van der Waals surface area (Å²) in [6, 6.07) is 0. The molecule has 14 heavy (non-hydrogen) atoms. The first kappa shape index (κ1) is 10.8. The highest BCUT2D eigenvalue weighted by Gasteiger charge is 2.17. The van der Waals surface area contributed by atoms with Gasteiger partial charge in [0, 0.05) is 32.5 Å². The van der Waals surface area contributed by atoms with E-state index in [9.17, 15) is 9.59 Å². The Morgan fingerprint density at radius 1 is 1.57 bits per heavy atom. The van der Waals surface area contributed by atoms with E-state index in [2.05, 4.69) is 11.9 Å². The number of amides is 2. The monoisotopic (exact) mass is 196 g/mol. The third-order valence-electron chi connectivity index (χ3n) is 2.23. The highest BCUT2D eigenvalue weighted by atomic mass is 16.2. The van der Waals surface area contributed by atoms with Crippen LogP contribution in [0.15, 0.2) is 12.7 Å². The fourth-order valence-electron chi connectivity index (χ4n) is 1.40. The minimum absolute atomic E-state index is 0.0315. The Labute approximate surface area is 84.0 Å². The maximum Gasteiger partial charge on any atom is 0.222 e. The van der Waals surface area contributed by atoms with Crippen molar-refractivity contribution in [3.05, 3.63) is 12.7 Å². The van der Waals surface area contributed by atoms with Crippen LogP contribution in [-0.4, -0.2) is 36.3 Å². The summed E-state index contributed by atoms with van der Waals surface area (Å²) in [5.41, 5.74) is 0. The van der Waals surface area contributed by atoms with Crippen LogP contribution in [0, 0.1) is 0 Å². The van der Waals surface area contributed by atoms with Crippen LogP contribution in [0.5, 0.6) is 0 Å². The molecular formula is C10H16N2O2. The van der Waals surface area contributed by atoms with Gasteiger partial charge in [-0.3, -0.25) is 9.59 Å². The van der Waals surface area contributed by atoms with Crippen LogP contribution < -0.4 is 5.32 Å². The van der Waals surface area contributed by atoms with Crippen molar-refractivity contribution in [2.45, 2.75) is 19.3 Å². The van der Waals surface area contributed by atoms with Gasteiger partial charge in [0.1, 0.15) is 0 Å². The van der Waals surface area contributed by atoms with Gasteiger partial charge in [0.2, 0.25) is 11.8 Å². The van der Waals surface area contributed by atoms with E-state index in [4.69, 9.17) is 0 Å². The SMILES string of the molecule is C=CCCC(=O)N1CCNC(=O)CC1. The van der Waals surface area contributed by atoms with Gasteiger partial charge in [0.25, 0.3) is 0 Å². The summed E-state index contributed by atoms with van der Waals surface area (Å²) >= 11 is 0. The predicted octanol–water partition coefficient (Wildman–Crippen LogP) is 0.301. The molecule has 2 amide bonds. The Balaban J connectivity index is 2.38. The van der Waals surface area contributed by atoms with Crippen molar-refractivity contribution in [1.82, 2.24) is 10.2 Å². The average Bonchev–Trinajstić information content (AvgIpc) is 2.39. The highest BCUT2D eigenvalue weighted by Crippen LogP contribution is 2.02. The zero-order chi connectivity index (χ0) is 10.4. The van der Waals surface area contributed by atoms with E-state index in [0.717, 1.165) is 0 Å². The molecule has 1 aliphatic rings. The summed E-state index contributed by atoms with van der Waals surface area (Å²) < 4.78 is 0. The Morgan fingerprint density at radius 3 is 3.07 bits per heavy atom. The Kier molecular flexibility index (Phi) is 4.16. The van der Waals surface area contributed by atoms with Gasteiger partial charge in [0.05, 0.1) is 0 Å². The summed E-state index contributed by atoms with van der Waals surface area (Å²) in [5, 5.41) is 2.73. The van der Waals surface area contributed by atoms with Crippen LogP contribution >= 0.6 is 0 Å². The molecule has 0 bridgehead atoms. The number of allylic oxidation sites excluding steroid dienone is 1. The Bertz CT molecular complexity index is 238. The van der Waals surface area contributed by atoms with Gasteiger partial charge in [-0.1, -0.05) is 6.08 Å². The summed E-state index contributed by atoms with van der Waals surface area (Å²) in [6.45, 7) is 5.31. The fourth-order valence-corrected chi connectivity index (χ4v) is 1.40. The third kappa shape index (κ3) is 3.20. The maximum absolute atomic E-state index is 11.6. The van der Waals surface area contributed by atoms with Crippen molar-refractivity contribution in [3.63, 3.8) is 0 Å². The number of rotatable bonds is 3. The van der Waals surface area contributed by atoms with E-state index >= 15 is 0 Å². The number of carbonyl (C=O) groups is 2. The molecule has 0 aromatic heterocycles. The molecule has 78 valence electrons. The zero-order valence-electron chi connectivity index (χ0n) is 8.29. The molecule has 4 nitrogen and oxygen atoms in total. The molecule has 1 N–H and O–H groups in total. The number of nitrogens with zero attached hydrogens (tertiary/aromatic N) is 1. The van der Waals surface area contributed by atoms with Crippen molar-refractivity contribution < 1.29 is 9.59 Å². The van der Waals surface area contributed by atoms with Crippen molar-refractivity contribution in [2.75, 3.05) is 19.6 Å². The van der Waals surface area contributed by atoms with Gasteiger partial charge >= 0.3 is 0 Å². The molecule has 0 atom stereocenters. The van der Waals surface area contributed by atoms with Crippen molar-refractivity contribution in [2.24, 2.45) is 0 Å². The van der Waals surface area contributed by atoms with Crippen molar-refractivity contribution in [3.8, 4) is 0 Å². The van der Waals surface area contributed by atoms with Crippen LogP contribution in [-0.2, 0) is 9.59 Å². The molecular weight excluding hydrogens is 180 g/mol. The van der Waals surface area contributed by atoms with Crippen LogP contribution in [0.25, 0.3) is 0 Å². The molecule has 1 aliphatic heterocycles. The lowest BCUT2D eigenvalue weighted by Crippen LogP contribution is -2.33. The molecule has 4 heteroatoms. The van der Waals surface area contributed by atoms with E-state index in [0.29, 0.717) is 38.9 Å². The first-order chi connectivity index (χ1) is 6.74. The van der Waals surface area contributed by atoms with Crippen LogP contribution in [0.2, 0.25) is 0 Å². The van der Waals surface area contributed by atoms with Gasteiger partial charge in [-0.15, -0.1) is 6.58 Å². The summed E-state index contributed by atoms with van der Waals surface area (Å²) in [4.78, 5) is 24.3. The Hall–Kier alpha value is -1.32. The highest BCUT2D eigenvalue weighted by molar-refractivity contribution is 5.80. The van der Waals surface area contributed by atoms with Gasteiger partial charge < -0.3 is 10.2 Å². The quantitative estimate of drug-likeness (QED) is 0.660. The number of hydrogen-bond donors (Lipinski definition) is 1. The standard InChI is InChI=1S/C10H16N2O2/c1-2-3-4-10(14)12-7-5-9(13)11-6-8-12/h2H,1,3-8H2,(H,11,13). The lowest BCUT2D eigenvalue weighted by atomic mass is 10.2. The summed E-state index contributed by atoms with van der Waals surface area (Å²) in [6.07, 6.45) is 3.35. The second-order valence-corrected chi connectivity index (χ2v) is 3.31. The predicted molar refractivity (Wildman–Crippen MR) is 53.6 cm³/mol. The molecule has 0 aliphatic carbocycles. The molecule has 1 saturated heterocycles. The van der Waals surface area contributed by atoms with Gasteiger partial charge in [-0.05, 0) is 6.42 Å². The van der Waals surface area contributed by atoms with Crippen LogP contribution in [0.4, 0.5) is 0 Å². The van der Waals surface area contributed by atoms with E-state index in [1.54, 1.807) is 11.0 Å². The van der Waals surface area contributed by atoms with Gasteiger partial charge in [-0.25, -0.2) is 0 Å². The van der Waals surface area contributed by atoms with Crippen LogP contribution in [0.1, 0.15) is 19.3 Å². The second kappa shape index (κ2) is 5.42. The van der Waals surface area contributed by atoms with Gasteiger partial charge in [-0.2, -0.15) is 0 Å². The normalized spacial score (nSPS) is 17.1. The lowest BCUT2D eigenvalue weighted by Gasteiger charge is -2.18. The topological polar surface area (TPSA) is 49.4 Å². The first-order valence-electron chi connectivity index (χ1n) is 4.89. The second-order valence-electron chi connectivity index (χ2n) is 3.31. The summed E-state index contributed by atoms with van der Waals surface area (Å²) in [7, 11) is 0. The molecule has 1 heterocycles. The molecule has 0 aromatic carbocycles. The Morgan fingerprint density at radius 2 is 2.36 bits per heavy atom. The lowest BCUT2D eigenvalue weighted by molar-refractivity contribution is -0.131. The minimum Gasteiger partial charge on any atom is -0.354 e. The molecule has 0 aromatic rings. The molecule has 0 spiro atoms. The average molecular weight is 196 g/mol. The van der Waals surface area contributed by atoms with E-state index in [-0.39, 0.29) is 11.8 Å². The fraction of sp³-hybridized carbons (Fsp3) is 0.600. The number of carbonyl (C=O) groups excluding carboxylic acids is 2. The van der Waals surface area contributed by atoms with Crippen molar-refractivity contribution in [1.29, 1.82) is 0 Å². The number of hydrogen-bond acceptors (Lipinski definition) is 2. The molecule has 0 saturated carbocycles. The third-order valence-corrected chi connectivity index (χ3v) is 2.23. The largest absolute Gasteiger partial charge is 0.354 e. The maximum atomic E-state index is 11.6. The number of nitrogens with one attached hydrogen (secondary N) is 1. The smallest absolute Gasteiger partial charge is 0.222 e. The van der Waals surface area contributed by atoms with Crippen molar-refractivity contribution >= 4 is 11.8 Å². The summed E-state index contributed by atoms with van der Waals surface area (Å²) in [5.74, 6) is 0.144. The molecule has 0 radical (unpaired) electrons. The van der Waals surface area contributed by atoms with E-state index in [1.807, 2.05) is 0 Å². The molecule has 0 unspecified atom stereocenters. The van der Waals surface area contributed by atoms with Crippen LogP contribution in [0.3, 0.4) is 0 Å². The zero-order valence-corrected chi connectivity index (χ0v) is 8.29.